The quantitative estimate of drug-likeness (QED) is 0.732. The second-order valence-corrected chi connectivity index (χ2v) is 3.61. The van der Waals surface area contributed by atoms with Crippen LogP contribution in [0.4, 0.5) is 0 Å². The Morgan fingerprint density at radius 2 is 2.36 bits per heavy atom. The van der Waals surface area contributed by atoms with E-state index in [1.54, 1.807) is 4.90 Å². The van der Waals surface area contributed by atoms with Crippen LogP contribution in [-0.2, 0) is 9.53 Å². The normalized spacial score (nSPS) is 24.8. The first kappa shape index (κ1) is 11.5. The molecule has 14 heavy (non-hydrogen) atoms. The van der Waals surface area contributed by atoms with Gasteiger partial charge in [-0.1, -0.05) is 0 Å². The van der Waals surface area contributed by atoms with E-state index < -0.39 is 6.10 Å². The molecule has 1 aliphatic rings. The Kier molecular flexibility index (Phi) is 4.35. The average molecular weight is 201 g/mol. The lowest BCUT2D eigenvalue weighted by Crippen LogP contribution is -2.48. The van der Waals surface area contributed by atoms with Crippen LogP contribution >= 0.6 is 0 Å². The summed E-state index contributed by atoms with van der Waals surface area (Å²) < 4.78 is 5.46. The summed E-state index contributed by atoms with van der Waals surface area (Å²) in [5.74, 6) is -0.219. The van der Waals surface area contributed by atoms with E-state index >= 15 is 0 Å². The standard InChI is InChI=1S/C10H19NO3/c1-3-14-9-6-4-5-7-11(9)10(13)8(2)12/h8-9,12H,3-7H2,1-2H3/t8-,9?/m0/s1. The molecule has 1 fully saturated rings. The number of ether oxygens (including phenoxy) is 1. The van der Waals surface area contributed by atoms with E-state index in [9.17, 15) is 9.90 Å². The number of hydrogen-bond acceptors (Lipinski definition) is 3. The van der Waals surface area contributed by atoms with Gasteiger partial charge >= 0.3 is 0 Å². The molecule has 2 atom stereocenters. The van der Waals surface area contributed by atoms with Crippen LogP contribution in [0.5, 0.6) is 0 Å². The number of amides is 1. The van der Waals surface area contributed by atoms with E-state index in [2.05, 4.69) is 0 Å². The van der Waals surface area contributed by atoms with Crippen LogP contribution in [-0.4, -0.2) is 41.4 Å². The number of aliphatic hydroxyl groups is 1. The van der Waals surface area contributed by atoms with Crippen molar-refractivity contribution in [1.82, 2.24) is 4.90 Å². The summed E-state index contributed by atoms with van der Waals surface area (Å²) >= 11 is 0. The lowest BCUT2D eigenvalue weighted by molar-refractivity contribution is -0.158. The van der Waals surface area contributed by atoms with Gasteiger partial charge in [0.25, 0.3) is 5.91 Å². The predicted molar refractivity (Wildman–Crippen MR) is 52.7 cm³/mol. The van der Waals surface area contributed by atoms with Gasteiger partial charge in [0.05, 0.1) is 0 Å². The van der Waals surface area contributed by atoms with Gasteiger partial charge in [-0.2, -0.15) is 0 Å². The van der Waals surface area contributed by atoms with Crippen LogP contribution in [0.3, 0.4) is 0 Å². The highest BCUT2D eigenvalue weighted by Crippen LogP contribution is 2.18. The maximum atomic E-state index is 11.6. The highest BCUT2D eigenvalue weighted by Gasteiger charge is 2.28. The predicted octanol–water partition coefficient (Wildman–Crippen LogP) is 0.742. The molecule has 1 rings (SSSR count). The van der Waals surface area contributed by atoms with Gasteiger partial charge < -0.3 is 14.7 Å². The molecular weight excluding hydrogens is 182 g/mol. The molecule has 1 N–H and O–H groups in total. The molecule has 0 aromatic heterocycles. The number of rotatable bonds is 3. The molecule has 4 heteroatoms. The molecule has 1 amide bonds. The third-order valence-corrected chi connectivity index (χ3v) is 2.45. The highest BCUT2D eigenvalue weighted by molar-refractivity contribution is 5.80. The van der Waals surface area contributed by atoms with Crippen molar-refractivity contribution >= 4 is 5.91 Å². The van der Waals surface area contributed by atoms with E-state index in [-0.39, 0.29) is 12.1 Å². The Hall–Kier alpha value is -0.610. The van der Waals surface area contributed by atoms with Crippen molar-refractivity contribution in [1.29, 1.82) is 0 Å². The molecule has 1 saturated heterocycles. The van der Waals surface area contributed by atoms with Crippen molar-refractivity contribution in [2.45, 2.75) is 45.4 Å². The van der Waals surface area contributed by atoms with E-state index in [0.717, 1.165) is 19.3 Å². The molecule has 82 valence electrons. The Balaban J connectivity index is 2.57. The molecule has 0 radical (unpaired) electrons. The molecule has 1 aliphatic heterocycles. The van der Waals surface area contributed by atoms with Gasteiger partial charge in [-0.3, -0.25) is 4.79 Å². The van der Waals surface area contributed by atoms with Crippen molar-refractivity contribution in [3.05, 3.63) is 0 Å². The first-order valence-electron chi connectivity index (χ1n) is 5.27. The Morgan fingerprint density at radius 3 is 2.93 bits per heavy atom. The van der Waals surface area contributed by atoms with E-state index in [0.29, 0.717) is 13.2 Å². The summed E-state index contributed by atoms with van der Waals surface area (Å²) in [6, 6.07) is 0. The summed E-state index contributed by atoms with van der Waals surface area (Å²) in [5.41, 5.74) is 0. The van der Waals surface area contributed by atoms with Crippen molar-refractivity contribution in [3.63, 3.8) is 0 Å². The minimum atomic E-state index is -0.920. The van der Waals surface area contributed by atoms with Crippen LogP contribution in [0.15, 0.2) is 0 Å². The van der Waals surface area contributed by atoms with Gasteiger partial charge in [-0.15, -0.1) is 0 Å². The summed E-state index contributed by atoms with van der Waals surface area (Å²) in [7, 11) is 0. The van der Waals surface area contributed by atoms with E-state index in [4.69, 9.17) is 4.74 Å². The number of hydrogen-bond donors (Lipinski definition) is 1. The molecular formula is C10H19NO3. The zero-order valence-corrected chi connectivity index (χ0v) is 8.90. The van der Waals surface area contributed by atoms with Gasteiger partial charge in [-0.05, 0) is 33.1 Å². The van der Waals surface area contributed by atoms with Crippen LogP contribution in [0.1, 0.15) is 33.1 Å². The Morgan fingerprint density at radius 1 is 1.64 bits per heavy atom. The number of likely N-dealkylation sites (tertiary alicyclic amines) is 1. The molecule has 0 saturated carbocycles. The first-order valence-corrected chi connectivity index (χ1v) is 5.27. The van der Waals surface area contributed by atoms with Crippen molar-refractivity contribution in [2.75, 3.05) is 13.2 Å². The van der Waals surface area contributed by atoms with E-state index in [1.807, 2.05) is 6.92 Å². The topological polar surface area (TPSA) is 49.8 Å². The lowest BCUT2D eigenvalue weighted by atomic mass is 10.1. The van der Waals surface area contributed by atoms with Gasteiger partial charge in [-0.25, -0.2) is 0 Å². The number of nitrogens with zero attached hydrogens (tertiary/aromatic N) is 1. The molecule has 4 nitrogen and oxygen atoms in total. The minimum Gasteiger partial charge on any atom is -0.384 e. The molecule has 0 spiro atoms. The fourth-order valence-electron chi connectivity index (χ4n) is 1.76. The number of piperidine rings is 1. The minimum absolute atomic E-state index is 0.129. The van der Waals surface area contributed by atoms with Crippen LogP contribution in [0.2, 0.25) is 0 Å². The molecule has 1 heterocycles. The van der Waals surface area contributed by atoms with Crippen LogP contribution < -0.4 is 0 Å². The summed E-state index contributed by atoms with van der Waals surface area (Å²) in [5, 5.41) is 9.21. The smallest absolute Gasteiger partial charge is 0.253 e. The molecule has 0 aromatic carbocycles. The molecule has 1 unspecified atom stereocenters. The fourth-order valence-corrected chi connectivity index (χ4v) is 1.76. The summed E-state index contributed by atoms with van der Waals surface area (Å²) in [4.78, 5) is 13.2. The van der Waals surface area contributed by atoms with Crippen molar-refractivity contribution in [2.24, 2.45) is 0 Å². The number of aliphatic hydroxyl groups excluding tert-OH is 1. The monoisotopic (exact) mass is 201 g/mol. The number of carbonyl (C=O) groups excluding carboxylic acids is 1. The number of carbonyl (C=O) groups is 1. The average Bonchev–Trinajstić information content (AvgIpc) is 2.18. The molecule has 0 bridgehead atoms. The maximum absolute atomic E-state index is 11.6. The highest BCUT2D eigenvalue weighted by atomic mass is 16.5. The third kappa shape index (κ3) is 2.69. The van der Waals surface area contributed by atoms with Gasteiger partial charge in [0.15, 0.2) is 0 Å². The zero-order valence-electron chi connectivity index (χ0n) is 8.90. The lowest BCUT2D eigenvalue weighted by Gasteiger charge is -2.35. The molecule has 0 aromatic rings. The second kappa shape index (κ2) is 5.32. The second-order valence-electron chi connectivity index (χ2n) is 3.61. The maximum Gasteiger partial charge on any atom is 0.253 e. The van der Waals surface area contributed by atoms with E-state index in [1.165, 1.54) is 6.92 Å². The third-order valence-electron chi connectivity index (χ3n) is 2.45. The Labute approximate surface area is 84.8 Å². The van der Waals surface area contributed by atoms with Gasteiger partial charge in [0, 0.05) is 13.2 Å². The van der Waals surface area contributed by atoms with Crippen molar-refractivity contribution in [3.8, 4) is 0 Å². The Bertz CT molecular complexity index is 192. The molecule has 0 aliphatic carbocycles. The first-order chi connectivity index (χ1) is 6.66. The van der Waals surface area contributed by atoms with Gasteiger partial charge in [0.2, 0.25) is 0 Å². The SMILES string of the molecule is CCOC1CCCCN1C(=O)[C@H](C)O. The van der Waals surface area contributed by atoms with Crippen molar-refractivity contribution < 1.29 is 14.6 Å². The fraction of sp³-hybridized carbons (Fsp3) is 0.900. The summed E-state index contributed by atoms with van der Waals surface area (Å²) in [6.45, 7) is 4.72. The van der Waals surface area contributed by atoms with Crippen LogP contribution in [0, 0.1) is 0 Å². The largest absolute Gasteiger partial charge is 0.384 e. The zero-order chi connectivity index (χ0) is 10.6. The van der Waals surface area contributed by atoms with Crippen LogP contribution in [0.25, 0.3) is 0 Å². The van der Waals surface area contributed by atoms with Gasteiger partial charge in [0.1, 0.15) is 12.3 Å². The summed E-state index contributed by atoms with van der Waals surface area (Å²) in [6.07, 6.45) is 1.93.